The number of halogens is 2. The second-order valence-electron chi connectivity index (χ2n) is 4.90. The summed E-state index contributed by atoms with van der Waals surface area (Å²) < 4.78 is 33.0. The number of carbonyl (C=O) groups is 3. The zero-order valence-electron chi connectivity index (χ0n) is 13.4. The van der Waals surface area contributed by atoms with Crippen LogP contribution in [0.4, 0.5) is 8.78 Å². The number of nitrogens with zero attached hydrogens (tertiary/aromatic N) is 2. The van der Waals surface area contributed by atoms with Crippen molar-refractivity contribution in [3.8, 4) is 5.75 Å². The molecule has 0 aliphatic heterocycles. The topological polar surface area (TPSA) is 107 Å². The Balaban J connectivity index is 1.84. The van der Waals surface area contributed by atoms with E-state index in [1.807, 2.05) is 5.32 Å². The van der Waals surface area contributed by atoms with Crippen LogP contribution in [-0.2, 0) is 9.53 Å². The van der Waals surface area contributed by atoms with Gasteiger partial charge in [-0.2, -0.15) is 8.78 Å². The Labute approximate surface area is 146 Å². The molecule has 2 rings (SSSR count). The van der Waals surface area contributed by atoms with Gasteiger partial charge in [0.25, 0.3) is 11.8 Å². The SMILES string of the molecule is Cc1cnc(C(=O)OCC(=O)NC(=O)c2ccc(OC(F)F)cc2)cn1. The molecule has 2 amide bonds. The van der Waals surface area contributed by atoms with Crippen LogP contribution < -0.4 is 10.1 Å². The number of alkyl halides is 2. The van der Waals surface area contributed by atoms with Gasteiger partial charge in [0, 0.05) is 11.8 Å². The van der Waals surface area contributed by atoms with Crippen molar-refractivity contribution in [2.45, 2.75) is 13.5 Å². The Morgan fingerprint density at radius 3 is 2.38 bits per heavy atom. The van der Waals surface area contributed by atoms with Crippen molar-refractivity contribution in [2.75, 3.05) is 6.61 Å². The number of rotatable bonds is 6. The molecule has 0 spiro atoms. The molecular formula is C16H13F2N3O5. The van der Waals surface area contributed by atoms with Crippen molar-refractivity contribution in [3.63, 3.8) is 0 Å². The molecule has 0 unspecified atom stereocenters. The summed E-state index contributed by atoms with van der Waals surface area (Å²) in [6, 6.07) is 4.71. The van der Waals surface area contributed by atoms with Gasteiger partial charge >= 0.3 is 12.6 Å². The van der Waals surface area contributed by atoms with E-state index in [1.165, 1.54) is 24.5 Å². The van der Waals surface area contributed by atoms with Crippen molar-refractivity contribution in [1.29, 1.82) is 0 Å². The molecule has 0 fully saturated rings. The number of imide groups is 1. The van der Waals surface area contributed by atoms with Crippen LogP contribution in [0.25, 0.3) is 0 Å². The monoisotopic (exact) mass is 365 g/mol. The van der Waals surface area contributed by atoms with Gasteiger partial charge in [-0.15, -0.1) is 0 Å². The average Bonchev–Trinajstić information content (AvgIpc) is 2.60. The summed E-state index contributed by atoms with van der Waals surface area (Å²) in [7, 11) is 0. The van der Waals surface area contributed by atoms with E-state index in [0.717, 1.165) is 12.1 Å². The van der Waals surface area contributed by atoms with Crippen LogP contribution in [0, 0.1) is 6.92 Å². The minimum atomic E-state index is -2.98. The number of amides is 2. The van der Waals surface area contributed by atoms with Gasteiger partial charge in [0.15, 0.2) is 12.3 Å². The third-order valence-electron chi connectivity index (χ3n) is 2.92. The lowest BCUT2D eigenvalue weighted by Crippen LogP contribution is -2.34. The molecule has 136 valence electrons. The molecule has 0 saturated carbocycles. The Morgan fingerprint density at radius 1 is 1.12 bits per heavy atom. The Hall–Kier alpha value is -3.43. The Bertz CT molecular complexity index is 795. The van der Waals surface area contributed by atoms with Crippen LogP contribution in [0.3, 0.4) is 0 Å². The molecule has 2 aromatic rings. The number of esters is 1. The van der Waals surface area contributed by atoms with E-state index in [4.69, 9.17) is 4.74 Å². The van der Waals surface area contributed by atoms with Crippen LogP contribution in [0.1, 0.15) is 26.5 Å². The predicted molar refractivity (Wildman–Crippen MR) is 82.6 cm³/mol. The molecular weight excluding hydrogens is 352 g/mol. The Morgan fingerprint density at radius 2 is 1.81 bits per heavy atom. The maximum atomic E-state index is 12.0. The standard InChI is InChI=1S/C16H13F2N3O5/c1-9-6-20-12(7-19-9)15(24)25-8-13(22)21-14(23)10-2-4-11(5-3-10)26-16(17)18/h2-7,16H,8H2,1H3,(H,21,22,23). The maximum Gasteiger partial charge on any atom is 0.387 e. The number of aryl methyl sites for hydroxylation is 1. The molecule has 0 saturated heterocycles. The molecule has 0 bridgehead atoms. The summed E-state index contributed by atoms with van der Waals surface area (Å²) >= 11 is 0. The lowest BCUT2D eigenvalue weighted by molar-refractivity contribution is -0.123. The summed E-state index contributed by atoms with van der Waals surface area (Å²) in [5.74, 6) is -2.65. The zero-order chi connectivity index (χ0) is 19.1. The zero-order valence-corrected chi connectivity index (χ0v) is 13.4. The van der Waals surface area contributed by atoms with Crippen LogP contribution >= 0.6 is 0 Å². The normalized spacial score (nSPS) is 10.3. The van der Waals surface area contributed by atoms with E-state index in [1.54, 1.807) is 6.92 Å². The van der Waals surface area contributed by atoms with Gasteiger partial charge in [-0.25, -0.2) is 9.78 Å². The lowest BCUT2D eigenvalue weighted by atomic mass is 10.2. The molecule has 26 heavy (non-hydrogen) atoms. The molecule has 0 aliphatic carbocycles. The maximum absolute atomic E-state index is 12.0. The molecule has 1 heterocycles. The van der Waals surface area contributed by atoms with Crippen molar-refractivity contribution in [2.24, 2.45) is 0 Å². The fraction of sp³-hybridized carbons (Fsp3) is 0.188. The first-order chi connectivity index (χ1) is 12.3. The van der Waals surface area contributed by atoms with Crippen LogP contribution in [0.15, 0.2) is 36.7 Å². The van der Waals surface area contributed by atoms with Crippen molar-refractivity contribution in [3.05, 3.63) is 53.6 Å². The number of ether oxygens (including phenoxy) is 2. The van der Waals surface area contributed by atoms with E-state index in [-0.39, 0.29) is 17.0 Å². The van der Waals surface area contributed by atoms with E-state index in [2.05, 4.69) is 14.7 Å². The summed E-state index contributed by atoms with van der Waals surface area (Å²) in [6.07, 6.45) is 2.56. The quantitative estimate of drug-likeness (QED) is 0.773. The van der Waals surface area contributed by atoms with Gasteiger partial charge in [0.05, 0.1) is 11.9 Å². The second kappa shape index (κ2) is 8.60. The van der Waals surface area contributed by atoms with Crippen molar-refractivity contribution in [1.82, 2.24) is 15.3 Å². The first-order valence-electron chi connectivity index (χ1n) is 7.20. The van der Waals surface area contributed by atoms with E-state index >= 15 is 0 Å². The first-order valence-corrected chi connectivity index (χ1v) is 7.20. The fourth-order valence-electron chi connectivity index (χ4n) is 1.73. The molecule has 1 N–H and O–H groups in total. The van der Waals surface area contributed by atoms with E-state index in [9.17, 15) is 23.2 Å². The van der Waals surface area contributed by atoms with Crippen LogP contribution in [0.5, 0.6) is 5.75 Å². The highest BCUT2D eigenvalue weighted by Gasteiger charge is 2.15. The molecule has 0 radical (unpaired) electrons. The summed E-state index contributed by atoms with van der Waals surface area (Å²) in [4.78, 5) is 42.9. The molecule has 10 heteroatoms. The fourth-order valence-corrected chi connectivity index (χ4v) is 1.73. The van der Waals surface area contributed by atoms with Gasteiger partial charge in [-0.05, 0) is 31.2 Å². The number of aromatic nitrogens is 2. The van der Waals surface area contributed by atoms with Crippen LogP contribution in [0.2, 0.25) is 0 Å². The van der Waals surface area contributed by atoms with E-state index in [0.29, 0.717) is 5.69 Å². The summed E-state index contributed by atoms with van der Waals surface area (Å²) in [5, 5.41) is 1.99. The molecule has 1 aromatic heterocycles. The molecule has 8 nitrogen and oxygen atoms in total. The van der Waals surface area contributed by atoms with Crippen LogP contribution in [-0.4, -0.2) is 41.0 Å². The number of benzene rings is 1. The Kier molecular flexibility index (Phi) is 6.25. The number of nitrogens with one attached hydrogen (secondary N) is 1. The highest BCUT2D eigenvalue weighted by molar-refractivity contribution is 6.05. The molecule has 0 aliphatic rings. The van der Waals surface area contributed by atoms with Gasteiger partial charge in [-0.3, -0.25) is 19.9 Å². The van der Waals surface area contributed by atoms with Crippen molar-refractivity contribution < 1.29 is 32.6 Å². The lowest BCUT2D eigenvalue weighted by Gasteiger charge is -2.07. The number of hydrogen-bond acceptors (Lipinski definition) is 7. The largest absolute Gasteiger partial charge is 0.451 e. The second-order valence-corrected chi connectivity index (χ2v) is 4.90. The average molecular weight is 365 g/mol. The van der Waals surface area contributed by atoms with Gasteiger partial charge in [0.2, 0.25) is 0 Å². The molecule has 1 aromatic carbocycles. The van der Waals surface area contributed by atoms with Gasteiger partial charge in [0.1, 0.15) is 5.75 Å². The summed E-state index contributed by atoms with van der Waals surface area (Å²) in [5.41, 5.74) is 0.565. The third-order valence-corrected chi connectivity index (χ3v) is 2.92. The van der Waals surface area contributed by atoms with Crippen molar-refractivity contribution >= 4 is 17.8 Å². The third kappa shape index (κ3) is 5.58. The highest BCUT2D eigenvalue weighted by Crippen LogP contribution is 2.14. The minimum Gasteiger partial charge on any atom is -0.451 e. The summed E-state index contributed by atoms with van der Waals surface area (Å²) in [6.45, 7) is -2.00. The first kappa shape index (κ1) is 18.9. The van der Waals surface area contributed by atoms with E-state index < -0.39 is 31.0 Å². The molecule has 0 atom stereocenters. The number of hydrogen-bond donors (Lipinski definition) is 1. The predicted octanol–water partition coefficient (Wildman–Crippen LogP) is 1.50. The van der Waals surface area contributed by atoms with Gasteiger partial charge in [-0.1, -0.05) is 0 Å². The minimum absolute atomic E-state index is 0.0377. The number of carbonyl (C=O) groups excluding carboxylic acids is 3. The smallest absolute Gasteiger partial charge is 0.387 e. The van der Waals surface area contributed by atoms with Gasteiger partial charge < -0.3 is 9.47 Å². The highest BCUT2D eigenvalue weighted by atomic mass is 19.3.